The summed E-state index contributed by atoms with van der Waals surface area (Å²) in [5, 5.41) is 13.7. The van der Waals surface area contributed by atoms with E-state index in [1.165, 1.54) is 12.1 Å². The zero-order chi connectivity index (χ0) is 13.2. The van der Waals surface area contributed by atoms with Crippen LogP contribution in [0.3, 0.4) is 0 Å². The van der Waals surface area contributed by atoms with E-state index in [2.05, 4.69) is 10.1 Å². The number of halogens is 1. The third-order valence-electron chi connectivity index (χ3n) is 3.56. The fourth-order valence-corrected chi connectivity index (χ4v) is 2.50. The molecule has 1 fully saturated rings. The van der Waals surface area contributed by atoms with E-state index in [-0.39, 0.29) is 17.8 Å². The minimum absolute atomic E-state index is 0.0329. The first-order valence-corrected chi connectivity index (χ1v) is 6.47. The highest BCUT2D eigenvalue weighted by Gasteiger charge is 2.31. The second-order valence-corrected chi connectivity index (χ2v) is 4.96. The number of benzene rings is 1. The van der Waals surface area contributed by atoms with Crippen LogP contribution in [0.1, 0.15) is 42.5 Å². The van der Waals surface area contributed by atoms with Crippen LogP contribution in [0, 0.1) is 5.82 Å². The average molecular weight is 262 g/mol. The third-order valence-corrected chi connectivity index (χ3v) is 3.56. The average Bonchev–Trinajstić information content (AvgIpc) is 3.01. The van der Waals surface area contributed by atoms with Crippen molar-refractivity contribution in [2.75, 3.05) is 0 Å². The van der Waals surface area contributed by atoms with E-state index in [0.717, 1.165) is 24.8 Å². The van der Waals surface area contributed by atoms with Gasteiger partial charge in [-0.1, -0.05) is 17.3 Å². The summed E-state index contributed by atoms with van der Waals surface area (Å²) in [4.78, 5) is 4.33. The van der Waals surface area contributed by atoms with Gasteiger partial charge < -0.3 is 9.63 Å². The van der Waals surface area contributed by atoms with Crippen LogP contribution in [-0.4, -0.2) is 21.4 Å². The van der Waals surface area contributed by atoms with Crippen LogP contribution >= 0.6 is 0 Å². The van der Waals surface area contributed by atoms with E-state index in [4.69, 9.17) is 4.52 Å². The summed E-state index contributed by atoms with van der Waals surface area (Å²) in [6, 6.07) is 6.24. The highest BCUT2D eigenvalue weighted by Crippen LogP contribution is 2.33. The lowest BCUT2D eigenvalue weighted by molar-refractivity contribution is 0.148. The molecular formula is C14H15FN2O2. The molecule has 1 aromatic carbocycles. The molecular weight excluding hydrogens is 247 g/mol. The topological polar surface area (TPSA) is 59.2 Å². The molecule has 0 bridgehead atoms. The van der Waals surface area contributed by atoms with Gasteiger partial charge in [-0.15, -0.1) is 0 Å². The molecule has 0 aliphatic heterocycles. The molecule has 1 aromatic heterocycles. The first-order valence-electron chi connectivity index (χ1n) is 6.47. The van der Waals surface area contributed by atoms with Crippen LogP contribution in [0.4, 0.5) is 4.39 Å². The summed E-state index contributed by atoms with van der Waals surface area (Å²) in [5.74, 6) is 0.795. The van der Waals surface area contributed by atoms with Crippen molar-refractivity contribution < 1.29 is 14.0 Å². The Hall–Kier alpha value is -1.75. The van der Waals surface area contributed by atoms with Gasteiger partial charge in [-0.3, -0.25) is 0 Å². The van der Waals surface area contributed by atoms with E-state index in [9.17, 15) is 9.50 Å². The molecule has 0 saturated heterocycles. The number of aliphatic hydroxyl groups is 1. The van der Waals surface area contributed by atoms with Crippen molar-refractivity contribution >= 4 is 0 Å². The fourth-order valence-electron chi connectivity index (χ4n) is 2.50. The number of aromatic nitrogens is 2. The van der Waals surface area contributed by atoms with Gasteiger partial charge in [0.05, 0.1) is 12.0 Å². The molecule has 5 heteroatoms. The maximum atomic E-state index is 12.8. The molecule has 3 rings (SSSR count). The Bertz CT molecular complexity index is 553. The Morgan fingerprint density at radius 2 is 2.05 bits per heavy atom. The molecule has 2 unspecified atom stereocenters. The molecule has 1 aliphatic rings. The first kappa shape index (κ1) is 12.3. The van der Waals surface area contributed by atoms with Crippen molar-refractivity contribution in [2.24, 2.45) is 0 Å². The minimum atomic E-state index is -0.376. The van der Waals surface area contributed by atoms with Crippen LogP contribution < -0.4 is 0 Å². The quantitative estimate of drug-likeness (QED) is 0.923. The summed E-state index contributed by atoms with van der Waals surface area (Å²) >= 11 is 0. The van der Waals surface area contributed by atoms with Gasteiger partial charge in [-0.05, 0) is 37.0 Å². The second-order valence-electron chi connectivity index (χ2n) is 4.96. The van der Waals surface area contributed by atoms with Gasteiger partial charge in [0.1, 0.15) is 5.82 Å². The molecule has 0 amide bonds. The Balaban J connectivity index is 1.72. The minimum Gasteiger partial charge on any atom is -0.392 e. The Morgan fingerprint density at radius 1 is 1.26 bits per heavy atom. The molecule has 2 atom stereocenters. The Labute approximate surface area is 110 Å². The standard InChI is InChI=1S/C14H15FN2O2/c15-10-6-4-9(5-7-10)8-13-16-14(19-17-13)11-2-1-3-12(11)18/h4-7,11-12,18H,1-3,8H2. The Morgan fingerprint density at radius 3 is 2.74 bits per heavy atom. The molecule has 19 heavy (non-hydrogen) atoms. The Kier molecular flexibility index (Phi) is 3.29. The monoisotopic (exact) mass is 262 g/mol. The zero-order valence-electron chi connectivity index (χ0n) is 10.4. The van der Waals surface area contributed by atoms with Crippen molar-refractivity contribution in [1.82, 2.24) is 10.1 Å². The molecule has 2 aromatic rings. The smallest absolute Gasteiger partial charge is 0.232 e. The first-order chi connectivity index (χ1) is 9.22. The van der Waals surface area contributed by atoms with Crippen molar-refractivity contribution in [3.8, 4) is 0 Å². The normalized spacial score (nSPS) is 22.8. The van der Waals surface area contributed by atoms with Crippen molar-refractivity contribution in [3.63, 3.8) is 0 Å². The van der Waals surface area contributed by atoms with Gasteiger partial charge >= 0.3 is 0 Å². The third kappa shape index (κ3) is 2.66. The molecule has 1 N–H and O–H groups in total. The van der Waals surface area contributed by atoms with E-state index in [1.54, 1.807) is 12.1 Å². The maximum absolute atomic E-state index is 12.8. The zero-order valence-corrected chi connectivity index (χ0v) is 10.4. The van der Waals surface area contributed by atoms with Crippen molar-refractivity contribution in [2.45, 2.75) is 37.7 Å². The fraction of sp³-hybridized carbons (Fsp3) is 0.429. The summed E-state index contributed by atoms with van der Waals surface area (Å²) in [6.07, 6.45) is 2.80. The predicted molar refractivity (Wildman–Crippen MR) is 66.1 cm³/mol. The maximum Gasteiger partial charge on any atom is 0.232 e. The lowest BCUT2D eigenvalue weighted by Crippen LogP contribution is -2.11. The lowest BCUT2D eigenvalue weighted by Gasteiger charge is -2.07. The second kappa shape index (κ2) is 5.09. The van der Waals surface area contributed by atoms with Gasteiger partial charge in [-0.25, -0.2) is 4.39 Å². The van der Waals surface area contributed by atoms with Gasteiger partial charge in [-0.2, -0.15) is 4.98 Å². The van der Waals surface area contributed by atoms with E-state index >= 15 is 0 Å². The summed E-state index contributed by atoms with van der Waals surface area (Å²) in [6.45, 7) is 0. The van der Waals surface area contributed by atoms with Gasteiger partial charge in [0.25, 0.3) is 0 Å². The van der Waals surface area contributed by atoms with Crippen LogP contribution in [0.15, 0.2) is 28.8 Å². The predicted octanol–water partition coefficient (Wildman–Crippen LogP) is 2.43. The van der Waals surface area contributed by atoms with Crippen LogP contribution in [-0.2, 0) is 6.42 Å². The molecule has 4 nitrogen and oxygen atoms in total. The SMILES string of the molecule is OC1CCCC1c1nc(Cc2ccc(F)cc2)no1. The van der Waals surface area contributed by atoms with E-state index in [0.29, 0.717) is 18.1 Å². The molecule has 0 spiro atoms. The molecule has 0 radical (unpaired) electrons. The molecule has 1 aliphatic carbocycles. The largest absolute Gasteiger partial charge is 0.392 e. The summed E-state index contributed by atoms with van der Waals surface area (Å²) < 4.78 is 18.0. The lowest BCUT2D eigenvalue weighted by atomic mass is 10.1. The van der Waals surface area contributed by atoms with Crippen LogP contribution in [0.2, 0.25) is 0 Å². The summed E-state index contributed by atoms with van der Waals surface area (Å²) in [5.41, 5.74) is 0.931. The van der Waals surface area contributed by atoms with E-state index < -0.39 is 0 Å². The number of hydrogen-bond acceptors (Lipinski definition) is 4. The number of aliphatic hydroxyl groups excluding tert-OH is 1. The number of hydrogen-bond donors (Lipinski definition) is 1. The van der Waals surface area contributed by atoms with Crippen LogP contribution in [0.5, 0.6) is 0 Å². The summed E-state index contributed by atoms with van der Waals surface area (Å²) in [7, 11) is 0. The molecule has 1 heterocycles. The van der Waals surface area contributed by atoms with Gasteiger partial charge in [0.15, 0.2) is 5.82 Å². The number of nitrogens with zero attached hydrogens (tertiary/aromatic N) is 2. The molecule has 100 valence electrons. The van der Waals surface area contributed by atoms with Crippen molar-refractivity contribution in [1.29, 1.82) is 0 Å². The number of rotatable bonds is 3. The highest BCUT2D eigenvalue weighted by atomic mass is 19.1. The van der Waals surface area contributed by atoms with E-state index in [1.807, 2.05) is 0 Å². The highest BCUT2D eigenvalue weighted by molar-refractivity contribution is 5.19. The molecule has 1 saturated carbocycles. The van der Waals surface area contributed by atoms with Crippen LogP contribution in [0.25, 0.3) is 0 Å². The van der Waals surface area contributed by atoms with Crippen molar-refractivity contribution in [3.05, 3.63) is 47.4 Å². The van der Waals surface area contributed by atoms with Gasteiger partial charge in [0.2, 0.25) is 5.89 Å². The van der Waals surface area contributed by atoms with Gasteiger partial charge in [0, 0.05) is 6.42 Å².